The first kappa shape index (κ1) is 21.9. The van der Waals surface area contributed by atoms with Gasteiger partial charge in [-0.05, 0) is 53.6 Å². The molecular weight excluding hydrogens is 434 g/mol. The minimum atomic E-state index is -0.386. The van der Waals surface area contributed by atoms with Crippen molar-refractivity contribution in [3.8, 4) is 34.1 Å². The van der Waals surface area contributed by atoms with E-state index in [9.17, 15) is 4.79 Å². The van der Waals surface area contributed by atoms with Gasteiger partial charge in [0.05, 0.1) is 32.5 Å². The molecule has 4 aromatic rings. The third-order valence-corrected chi connectivity index (χ3v) is 6.00. The average Bonchev–Trinajstić information content (AvgIpc) is 2.88. The molecule has 7 heteroatoms. The van der Waals surface area contributed by atoms with E-state index in [1.807, 2.05) is 60.7 Å². The summed E-state index contributed by atoms with van der Waals surface area (Å²) in [5, 5.41) is 0.848. The molecule has 5 rings (SSSR count). The van der Waals surface area contributed by atoms with E-state index in [0.29, 0.717) is 42.5 Å². The average molecular weight is 459 g/mol. The number of hydrogen-bond donors (Lipinski definition) is 0. The summed E-state index contributed by atoms with van der Waals surface area (Å²) in [6.07, 6.45) is 0. The maximum absolute atomic E-state index is 12.9. The summed E-state index contributed by atoms with van der Waals surface area (Å²) in [6, 6.07) is 18.9. The molecule has 0 aliphatic carbocycles. The standard InChI is InChI=1S/C27H25NO6/c1-30-20-8-5-18(6-9-20)21-13-19-7-11-23-22(26(19)34-27(21)29)15-28(16-33-23)14-17-4-10-24(31-2)25(12-17)32-3/h4-13H,14-16H2,1-3H3. The van der Waals surface area contributed by atoms with Crippen LogP contribution in [0.25, 0.3) is 22.1 Å². The fraction of sp³-hybridized carbons (Fsp3) is 0.222. The van der Waals surface area contributed by atoms with Crippen molar-refractivity contribution in [1.82, 2.24) is 4.90 Å². The Balaban J connectivity index is 1.45. The second-order valence-electron chi connectivity index (χ2n) is 8.09. The summed E-state index contributed by atoms with van der Waals surface area (Å²) >= 11 is 0. The van der Waals surface area contributed by atoms with Gasteiger partial charge in [0.1, 0.15) is 23.8 Å². The van der Waals surface area contributed by atoms with Crippen molar-refractivity contribution in [1.29, 1.82) is 0 Å². The summed E-state index contributed by atoms with van der Waals surface area (Å²) in [5.74, 6) is 2.83. The number of methoxy groups -OCH3 is 3. The molecule has 2 heterocycles. The van der Waals surface area contributed by atoms with Crippen LogP contribution >= 0.6 is 0 Å². The zero-order valence-corrected chi connectivity index (χ0v) is 19.3. The molecule has 0 amide bonds. The molecule has 3 aromatic carbocycles. The van der Waals surface area contributed by atoms with Crippen LogP contribution in [0.15, 0.2) is 69.9 Å². The molecule has 0 saturated heterocycles. The zero-order chi connectivity index (χ0) is 23.7. The predicted octanol–water partition coefficient (Wildman–Crippen LogP) is 4.84. The van der Waals surface area contributed by atoms with Crippen LogP contribution in [0.1, 0.15) is 11.1 Å². The van der Waals surface area contributed by atoms with Gasteiger partial charge in [0, 0.05) is 18.5 Å². The molecule has 0 atom stereocenters. The number of hydrogen-bond acceptors (Lipinski definition) is 7. The molecule has 1 aromatic heterocycles. The lowest BCUT2D eigenvalue weighted by atomic mass is 10.0. The summed E-state index contributed by atoms with van der Waals surface area (Å²) < 4.78 is 27.8. The minimum Gasteiger partial charge on any atom is -0.497 e. The Labute approximate surface area is 197 Å². The SMILES string of the molecule is COc1ccc(-c2cc3ccc4c(c3oc2=O)CN(Cc2ccc(OC)c(OC)c2)CO4)cc1. The van der Waals surface area contributed by atoms with Gasteiger partial charge in [-0.1, -0.05) is 18.2 Å². The monoisotopic (exact) mass is 459 g/mol. The topological polar surface area (TPSA) is 70.4 Å². The highest BCUT2D eigenvalue weighted by atomic mass is 16.5. The van der Waals surface area contributed by atoms with E-state index in [1.54, 1.807) is 21.3 Å². The van der Waals surface area contributed by atoms with E-state index in [0.717, 1.165) is 33.6 Å². The fourth-order valence-corrected chi connectivity index (χ4v) is 4.25. The second kappa shape index (κ2) is 9.11. The number of ether oxygens (including phenoxy) is 4. The Hall–Kier alpha value is -3.97. The lowest BCUT2D eigenvalue weighted by Gasteiger charge is -2.29. The van der Waals surface area contributed by atoms with Gasteiger partial charge in [-0.15, -0.1) is 0 Å². The number of fused-ring (bicyclic) bond motifs is 3. The lowest BCUT2D eigenvalue weighted by molar-refractivity contribution is 0.0889. The second-order valence-corrected chi connectivity index (χ2v) is 8.09. The number of benzene rings is 3. The summed E-state index contributed by atoms with van der Waals surface area (Å²) in [4.78, 5) is 15.0. The van der Waals surface area contributed by atoms with Crippen LogP contribution < -0.4 is 24.6 Å². The molecular formula is C27H25NO6. The molecule has 34 heavy (non-hydrogen) atoms. The van der Waals surface area contributed by atoms with Crippen LogP contribution in [-0.4, -0.2) is 33.0 Å². The Morgan fingerprint density at radius 3 is 2.41 bits per heavy atom. The fourth-order valence-electron chi connectivity index (χ4n) is 4.25. The molecule has 1 aliphatic rings. The summed E-state index contributed by atoms with van der Waals surface area (Å²) in [6.45, 7) is 1.66. The molecule has 0 unspecified atom stereocenters. The van der Waals surface area contributed by atoms with Crippen molar-refractivity contribution in [3.05, 3.63) is 82.2 Å². The van der Waals surface area contributed by atoms with E-state index >= 15 is 0 Å². The maximum Gasteiger partial charge on any atom is 0.344 e. The Morgan fingerprint density at radius 1 is 0.882 bits per heavy atom. The lowest BCUT2D eigenvalue weighted by Crippen LogP contribution is -2.31. The molecule has 0 N–H and O–H groups in total. The molecule has 1 aliphatic heterocycles. The Bertz CT molecular complexity index is 1390. The van der Waals surface area contributed by atoms with Crippen molar-refractivity contribution < 1.29 is 23.4 Å². The largest absolute Gasteiger partial charge is 0.497 e. The van der Waals surface area contributed by atoms with Gasteiger partial charge < -0.3 is 23.4 Å². The third-order valence-electron chi connectivity index (χ3n) is 6.00. The molecule has 7 nitrogen and oxygen atoms in total. The predicted molar refractivity (Wildman–Crippen MR) is 129 cm³/mol. The van der Waals surface area contributed by atoms with Gasteiger partial charge >= 0.3 is 5.63 Å². The molecule has 0 radical (unpaired) electrons. The zero-order valence-electron chi connectivity index (χ0n) is 19.3. The van der Waals surface area contributed by atoms with Crippen LogP contribution in [0.5, 0.6) is 23.0 Å². The van der Waals surface area contributed by atoms with E-state index in [4.69, 9.17) is 23.4 Å². The van der Waals surface area contributed by atoms with Crippen molar-refractivity contribution in [2.45, 2.75) is 13.1 Å². The molecule has 0 bridgehead atoms. The first-order chi connectivity index (χ1) is 16.6. The third kappa shape index (κ3) is 4.06. The Kier molecular flexibility index (Phi) is 5.86. The van der Waals surface area contributed by atoms with Crippen molar-refractivity contribution >= 4 is 11.0 Å². The highest BCUT2D eigenvalue weighted by Crippen LogP contribution is 2.34. The van der Waals surface area contributed by atoms with Gasteiger partial charge in [-0.2, -0.15) is 0 Å². The molecule has 0 fully saturated rings. The highest BCUT2D eigenvalue weighted by molar-refractivity contribution is 5.86. The molecule has 0 spiro atoms. The van der Waals surface area contributed by atoms with Gasteiger partial charge in [0.2, 0.25) is 0 Å². The van der Waals surface area contributed by atoms with Crippen LogP contribution in [0.3, 0.4) is 0 Å². The number of nitrogens with zero attached hydrogens (tertiary/aromatic N) is 1. The minimum absolute atomic E-state index is 0.386. The van der Waals surface area contributed by atoms with Gasteiger partial charge in [-0.3, -0.25) is 4.90 Å². The van der Waals surface area contributed by atoms with Crippen LogP contribution in [-0.2, 0) is 13.1 Å². The first-order valence-corrected chi connectivity index (χ1v) is 10.9. The van der Waals surface area contributed by atoms with E-state index < -0.39 is 0 Å². The highest BCUT2D eigenvalue weighted by Gasteiger charge is 2.23. The Morgan fingerprint density at radius 2 is 1.68 bits per heavy atom. The number of rotatable bonds is 6. The van der Waals surface area contributed by atoms with Gasteiger partial charge in [0.25, 0.3) is 0 Å². The van der Waals surface area contributed by atoms with E-state index in [-0.39, 0.29) is 5.63 Å². The normalized spacial score (nSPS) is 13.3. The molecule has 174 valence electrons. The van der Waals surface area contributed by atoms with Crippen molar-refractivity contribution in [3.63, 3.8) is 0 Å². The van der Waals surface area contributed by atoms with Crippen LogP contribution in [0.4, 0.5) is 0 Å². The molecule has 0 saturated carbocycles. The summed E-state index contributed by atoms with van der Waals surface area (Å²) in [5.41, 5.74) is 3.38. The smallest absolute Gasteiger partial charge is 0.344 e. The van der Waals surface area contributed by atoms with Crippen LogP contribution in [0, 0.1) is 0 Å². The van der Waals surface area contributed by atoms with Gasteiger partial charge in [0.15, 0.2) is 11.5 Å². The first-order valence-electron chi connectivity index (χ1n) is 10.9. The van der Waals surface area contributed by atoms with E-state index in [1.165, 1.54) is 0 Å². The van der Waals surface area contributed by atoms with Crippen molar-refractivity contribution in [2.24, 2.45) is 0 Å². The van der Waals surface area contributed by atoms with Crippen LogP contribution in [0.2, 0.25) is 0 Å². The van der Waals surface area contributed by atoms with Crippen molar-refractivity contribution in [2.75, 3.05) is 28.1 Å². The maximum atomic E-state index is 12.9. The van der Waals surface area contributed by atoms with Gasteiger partial charge in [-0.25, -0.2) is 4.79 Å². The quantitative estimate of drug-likeness (QED) is 0.382. The summed E-state index contributed by atoms with van der Waals surface area (Å²) in [7, 11) is 4.85. The van der Waals surface area contributed by atoms with E-state index in [2.05, 4.69) is 4.90 Å².